The maximum Gasteiger partial charge on any atom is 0.346 e. The van der Waals surface area contributed by atoms with E-state index in [9.17, 15) is 9.59 Å². The normalized spacial score (nSPS) is 13.3. The zero-order valence-corrected chi connectivity index (χ0v) is 16.2. The van der Waals surface area contributed by atoms with Gasteiger partial charge >= 0.3 is 11.7 Å². The Labute approximate surface area is 165 Å². The fraction of sp³-hybridized carbons (Fsp3) is 0.316. The Hall–Kier alpha value is -3.07. The van der Waals surface area contributed by atoms with Gasteiger partial charge in [-0.1, -0.05) is 6.07 Å². The average Bonchev–Trinajstić information content (AvgIpc) is 3.27. The second-order valence-electron chi connectivity index (χ2n) is 6.52. The second kappa shape index (κ2) is 7.89. The molecule has 2 amide bonds. The Morgan fingerprint density at radius 1 is 1.29 bits per heavy atom. The molecule has 0 atom stereocenters. The lowest BCUT2D eigenvalue weighted by atomic mass is 10.3. The van der Waals surface area contributed by atoms with Crippen molar-refractivity contribution in [2.75, 3.05) is 19.0 Å². The van der Waals surface area contributed by atoms with E-state index in [0.717, 1.165) is 23.5 Å². The van der Waals surface area contributed by atoms with Crippen LogP contribution in [-0.2, 0) is 6.54 Å². The molecule has 4 rings (SSSR count). The molecule has 2 heterocycles. The topological polar surface area (TPSA) is 90.2 Å². The van der Waals surface area contributed by atoms with Gasteiger partial charge in [0.15, 0.2) is 5.82 Å². The molecule has 1 aliphatic carbocycles. The first kappa shape index (κ1) is 18.3. The van der Waals surface area contributed by atoms with Crippen LogP contribution in [0.4, 0.5) is 10.5 Å². The molecule has 8 nitrogen and oxygen atoms in total. The summed E-state index contributed by atoms with van der Waals surface area (Å²) < 4.78 is 8.30. The van der Waals surface area contributed by atoms with Crippen molar-refractivity contribution in [3.63, 3.8) is 0 Å². The standard InChI is InChI=1S/C19H21N5O3S/c1-27-15-8-4-13(5-9-15)21-18(25)20-10-11-23-19(26)24(14-6-7-14)17(22-23)16-3-2-12-28-16/h2-5,8-9,12,14H,6-7,10-11H2,1H3,(H2,20,21,25). The molecule has 2 aromatic heterocycles. The number of benzene rings is 1. The summed E-state index contributed by atoms with van der Waals surface area (Å²) >= 11 is 1.57. The Balaban J connectivity index is 1.37. The lowest BCUT2D eigenvalue weighted by Crippen LogP contribution is -2.34. The van der Waals surface area contributed by atoms with Gasteiger partial charge in [0, 0.05) is 18.3 Å². The lowest BCUT2D eigenvalue weighted by molar-refractivity contribution is 0.251. The number of carbonyl (C=O) groups excluding carboxylic acids is 1. The Kier molecular flexibility index (Phi) is 5.16. The minimum atomic E-state index is -0.335. The Bertz CT molecular complexity index is 1000. The molecular weight excluding hydrogens is 378 g/mol. The van der Waals surface area contributed by atoms with Gasteiger partial charge in [0.2, 0.25) is 0 Å². The van der Waals surface area contributed by atoms with Crippen LogP contribution in [0, 0.1) is 0 Å². The predicted molar refractivity (Wildman–Crippen MR) is 108 cm³/mol. The largest absolute Gasteiger partial charge is 0.497 e. The highest BCUT2D eigenvalue weighted by Gasteiger charge is 2.30. The number of amides is 2. The van der Waals surface area contributed by atoms with Crippen LogP contribution in [-0.4, -0.2) is 34.0 Å². The first-order chi connectivity index (χ1) is 13.7. The minimum absolute atomic E-state index is 0.122. The summed E-state index contributed by atoms with van der Waals surface area (Å²) in [7, 11) is 1.59. The van der Waals surface area contributed by atoms with Gasteiger partial charge in [-0.3, -0.25) is 4.57 Å². The number of carbonyl (C=O) groups is 1. The highest BCUT2D eigenvalue weighted by atomic mass is 32.1. The number of nitrogens with one attached hydrogen (secondary N) is 2. The van der Waals surface area contributed by atoms with Crippen molar-refractivity contribution in [2.45, 2.75) is 25.4 Å². The van der Waals surface area contributed by atoms with E-state index in [1.807, 2.05) is 17.5 Å². The summed E-state index contributed by atoms with van der Waals surface area (Å²) in [5, 5.41) is 12.0. The van der Waals surface area contributed by atoms with Crippen LogP contribution in [0.25, 0.3) is 10.7 Å². The van der Waals surface area contributed by atoms with Gasteiger partial charge in [-0.15, -0.1) is 16.4 Å². The molecule has 1 saturated carbocycles. The number of anilines is 1. The highest BCUT2D eigenvalue weighted by Crippen LogP contribution is 2.37. The van der Waals surface area contributed by atoms with E-state index < -0.39 is 0 Å². The van der Waals surface area contributed by atoms with Crippen molar-refractivity contribution in [3.05, 3.63) is 52.3 Å². The van der Waals surface area contributed by atoms with Crippen molar-refractivity contribution in [2.24, 2.45) is 0 Å². The molecule has 0 unspecified atom stereocenters. The molecule has 9 heteroatoms. The van der Waals surface area contributed by atoms with Gasteiger partial charge in [0.25, 0.3) is 0 Å². The number of aromatic nitrogens is 3. The minimum Gasteiger partial charge on any atom is -0.497 e. The van der Waals surface area contributed by atoms with Crippen LogP contribution in [0.15, 0.2) is 46.6 Å². The van der Waals surface area contributed by atoms with Crippen LogP contribution >= 0.6 is 11.3 Å². The van der Waals surface area contributed by atoms with E-state index in [1.165, 1.54) is 4.68 Å². The van der Waals surface area contributed by atoms with Crippen LogP contribution in [0.5, 0.6) is 5.75 Å². The summed E-state index contributed by atoms with van der Waals surface area (Å²) in [6, 6.07) is 10.9. The monoisotopic (exact) mass is 399 g/mol. The van der Waals surface area contributed by atoms with E-state index >= 15 is 0 Å². The molecule has 0 saturated heterocycles. The van der Waals surface area contributed by atoms with E-state index in [1.54, 1.807) is 47.3 Å². The van der Waals surface area contributed by atoms with Gasteiger partial charge in [-0.05, 0) is 48.6 Å². The van der Waals surface area contributed by atoms with Gasteiger partial charge in [-0.2, -0.15) is 0 Å². The van der Waals surface area contributed by atoms with E-state index in [4.69, 9.17) is 4.74 Å². The molecule has 0 spiro atoms. The van der Waals surface area contributed by atoms with Crippen LogP contribution in [0.2, 0.25) is 0 Å². The van der Waals surface area contributed by atoms with Gasteiger partial charge in [0.05, 0.1) is 18.5 Å². The lowest BCUT2D eigenvalue weighted by Gasteiger charge is -2.08. The molecule has 146 valence electrons. The Morgan fingerprint density at radius 3 is 2.71 bits per heavy atom. The number of hydrogen-bond donors (Lipinski definition) is 2. The molecule has 1 fully saturated rings. The highest BCUT2D eigenvalue weighted by molar-refractivity contribution is 7.13. The average molecular weight is 399 g/mol. The van der Waals surface area contributed by atoms with Crippen molar-refractivity contribution in [1.29, 1.82) is 0 Å². The molecule has 1 aromatic carbocycles. The third kappa shape index (κ3) is 3.94. The van der Waals surface area contributed by atoms with Crippen molar-refractivity contribution in [1.82, 2.24) is 19.7 Å². The van der Waals surface area contributed by atoms with Crippen molar-refractivity contribution >= 4 is 23.1 Å². The maximum absolute atomic E-state index is 12.7. The van der Waals surface area contributed by atoms with E-state index in [0.29, 0.717) is 24.6 Å². The second-order valence-corrected chi connectivity index (χ2v) is 7.46. The first-order valence-corrected chi connectivity index (χ1v) is 9.96. The molecule has 0 radical (unpaired) electrons. The van der Waals surface area contributed by atoms with Gasteiger partial charge in [-0.25, -0.2) is 14.3 Å². The fourth-order valence-electron chi connectivity index (χ4n) is 2.93. The molecular formula is C19H21N5O3S. The third-order valence-corrected chi connectivity index (χ3v) is 5.35. The zero-order valence-electron chi connectivity index (χ0n) is 15.4. The van der Waals surface area contributed by atoms with Crippen LogP contribution in [0.3, 0.4) is 0 Å². The number of nitrogens with zero attached hydrogens (tertiary/aromatic N) is 3. The first-order valence-electron chi connectivity index (χ1n) is 9.08. The van der Waals surface area contributed by atoms with Gasteiger partial charge in [0.1, 0.15) is 5.75 Å². The molecule has 0 bridgehead atoms. The van der Waals surface area contributed by atoms with Crippen molar-refractivity contribution in [3.8, 4) is 16.5 Å². The number of rotatable bonds is 7. The molecule has 28 heavy (non-hydrogen) atoms. The third-order valence-electron chi connectivity index (χ3n) is 4.48. The van der Waals surface area contributed by atoms with Crippen molar-refractivity contribution < 1.29 is 9.53 Å². The number of methoxy groups -OCH3 is 1. The van der Waals surface area contributed by atoms with Crippen LogP contribution in [0.1, 0.15) is 18.9 Å². The quantitative estimate of drug-likeness (QED) is 0.639. The summed E-state index contributed by atoms with van der Waals surface area (Å²) in [4.78, 5) is 25.8. The SMILES string of the molecule is COc1ccc(NC(=O)NCCn2nc(-c3cccs3)n(C3CC3)c2=O)cc1. The number of hydrogen-bond acceptors (Lipinski definition) is 5. The van der Waals surface area contributed by atoms with E-state index in [-0.39, 0.29) is 17.8 Å². The van der Waals surface area contributed by atoms with Crippen LogP contribution < -0.4 is 21.1 Å². The summed E-state index contributed by atoms with van der Waals surface area (Å²) in [5.74, 6) is 1.43. The summed E-state index contributed by atoms with van der Waals surface area (Å²) in [6.45, 7) is 0.612. The smallest absolute Gasteiger partial charge is 0.346 e. The van der Waals surface area contributed by atoms with Gasteiger partial charge < -0.3 is 15.4 Å². The summed E-state index contributed by atoms with van der Waals surface area (Å²) in [5.41, 5.74) is 0.539. The molecule has 0 aliphatic heterocycles. The molecule has 3 aromatic rings. The Morgan fingerprint density at radius 2 is 2.07 bits per heavy atom. The number of thiophene rings is 1. The predicted octanol–water partition coefficient (Wildman–Crippen LogP) is 2.94. The zero-order chi connectivity index (χ0) is 19.5. The number of urea groups is 1. The number of ether oxygens (including phenoxy) is 1. The maximum atomic E-state index is 12.7. The van der Waals surface area contributed by atoms with E-state index in [2.05, 4.69) is 15.7 Å². The molecule has 2 N–H and O–H groups in total. The molecule has 1 aliphatic rings. The summed E-state index contributed by atoms with van der Waals surface area (Å²) in [6.07, 6.45) is 2.01. The fourth-order valence-corrected chi connectivity index (χ4v) is 3.63.